The van der Waals surface area contributed by atoms with Gasteiger partial charge < -0.3 is 43.8 Å². The third kappa shape index (κ3) is 11.1. The van der Waals surface area contributed by atoms with Gasteiger partial charge in [-0.2, -0.15) is 57.4 Å². The first-order chi connectivity index (χ1) is 39.8. The summed E-state index contributed by atoms with van der Waals surface area (Å²) in [6, 6.07) is 28.0. The average Bonchev–Trinajstić information content (AvgIpc) is 3.36. The molecule has 0 saturated carbocycles. The van der Waals surface area contributed by atoms with Gasteiger partial charge in [-0.3, -0.25) is 9.80 Å². The Balaban J connectivity index is 1.07. The van der Waals surface area contributed by atoms with E-state index < -0.39 is 94.5 Å². The monoisotopic (exact) mass is 1180 g/mol. The number of alkyl halides is 12. The highest BCUT2D eigenvalue weighted by Crippen LogP contribution is 2.52. The Labute approximate surface area is 464 Å². The summed E-state index contributed by atoms with van der Waals surface area (Å²) in [6.45, 7) is 2.68. The highest BCUT2D eigenvalue weighted by molar-refractivity contribution is 6.08. The van der Waals surface area contributed by atoms with Crippen molar-refractivity contribution in [3.05, 3.63) is 127 Å². The molecule has 9 aromatic rings. The van der Waals surface area contributed by atoms with Gasteiger partial charge in [0.05, 0.1) is 16.6 Å². The van der Waals surface area contributed by atoms with Gasteiger partial charge in [0.15, 0.2) is 11.5 Å². The van der Waals surface area contributed by atoms with E-state index in [9.17, 15) is 71.9 Å². The largest absolute Gasteiger partial charge is 0.493 e. The quantitative estimate of drug-likeness (QED) is 0.0602. The molecule has 0 atom stereocenters. The van der Waals surface area contributed by atoms with Gasteiger partial charge >= 0.3 is 48.6 Å². The van der Waals surface area contributed by atoms with Crippen molar-refractivity contribution < 1.29 is 90.9 Å². The van der Waals surface area contributed by atoms with Crippen LogP contribution in [-0.2, 0) is 32.3 Å². The van der Waals surface area contributed by atoms with Crippen molar-refractivity contribution in [2.75, 3.05) is 62.2 Å². The molecule has 2 aliphatic rings. The molecule has 3 N–H and O–H groups in total. The number of esters is 3. The number of benzene rings is 5. The number of carbonyl (C=O) groups is 4. The number of para-hydroxylation sites is 1. The van der Waals surface area contributed by atoms with Gasteiger partial charge in [0, 0.05) is 145 Å². The number of rotatable bonds is 12. The molecule has 16 nitrogen and oxygen atoms in total. The van der Waals surface area contributed by atoms with Crippen LogP contribution < -0.4 is 28.8 Å². The van der Waals surface area contributed by atoms with Crippen LogP contribution in [0.5, 0.6) is 17.2 Å². The fourth-order valence-corrected chi connectivity index (χ4v) is 10.7. The van der Waals surface area contributed by atoms with Crippen LogP contribution in [0.1, 0.15) is 11.4 Å². The topological polar surface area (TPSA) is 170 Å². The molecular formula is C56H42F12N8O8. The minimum absolute atomic E-state index is 0.00273. The fourth-order valence-electron chi connectivity index (χ4n) is 10.7. The maximum Gasteiger partial charge on any atom is 0.493 e. The second kappa shape index (κ2) is 21.5. The van der Waals surface area contributed by atoms with Crippen molar-refractivity contribution in [1.82, 2.24) is 29.5 Å². The Morgan fingerprint density at radius 1 is 0.464 bits per heavy atom. The molecule has 0 aliphatic carbocycles. The molecule has 0 unspecified atom stereocenters. The van der Waals surface area contributed by atoms with Crippen LogP contribution in [0.3, 0.4) is 0 Å². The fraction of sp³-hybridized carbons (Fsp3) is 0.250. The summed E-state index contributed by atoms with van der Waals surface area (Å²) < 4.78 is 183. The van der Waals surface area contributed by atoms with Crippen LogP contribution in [-0.4, -0.2) is 130 Å². The predicted molar refractivity (Wildman–Crippen MR) is 279 cm³/mol. The third-order valence-corrected chi connectivity index (χ3v) is 14.4. The summed E-state index contributed by atoms with van der Waals surface area (Å²) in [5.74, 6) is -19.3. The number of aromatic nitrogens is 4. The smallest absolute Gasteiger partial charge is 0.416 e. The molecule has 2 saturated heterocycles. The lowest BCUT2D eigenvalue weighted by Crippen LogP contribution is -2.46. The molecule has 438 valence electrons. The van der Waals surface area contributed by atoms with E-state index in [0.29, 0.717) is 60.4 Å². The van der Waals surface area contributed by atoms with Crippen LogP contribution in [0.2, 0.25) is 0 Å². The molecule has 28 heteroatoms. The number of fused-ring (bicyclic) bond motifs is 4. The zero-order chi connectivity index (χ0) is 59.6. The molecule has 0 radical (unpaired) electrons. The number of anilines is 2. The van der Waals surface area contributed by atoms with E-state index in [2.05, 4.69) is 39.0 Å². The van der Waals surface area contributed by atoms with E-state index in [1.807, 2.05) is 65.7 Å². The van der Waals surface area contributed by atoms with Crippen LogP contribution in [0.15, 0.2) is 116 Å². The number of piperazine rings is 2. The summed E-state index contributed by atoms with van der Waals surface area (Å²) in [6.07, 6.45) is -20.6. The Kier molecular flexibility index (Phi) is 14.5. The summed E-state index contributed by atoms with van der Waals surface area (Å²) in [4.78, 5) is 73.5. The van der Waals surface area contributed by atoms with E-state index in [0.717, 1.165) is 33.2 Å². The lowest BCUT2D eigenvalue weighted by molar-refractivity contribution is -0.199. The number of aromatic amines is 3. The second-order valence-corrected chi connectivity index (χ2v) is 19.6. The minimum atomic E-state index is -6.12. The molecule has 0 bridgehead atoms. The van der Waals surface area contributed by atoms with Crippen molar-refractivity contribution in [3.63, 3.8) is 0 Å². The molecular weight excluding hydrogens is 1140 g/mol. The van der Waals surface area contributed by atoms with E-state index in [-0.39, 0.29) is 42.5 Å². The molecule has 84 heavy (non-hydrogen) atoms. The summed E-state index contributed by atoms with van der Waals surface area (Å²) in [5.41, 5.74) is 3.25. The molecule has 5 aromatic carbocycles. The van der Waals surface area contributed by atoms with Gasteiger partial charge in [0.1, 0.15) is 0 Å². The first kappa shape index (κ1) is 56.7. The molecule has 2 aliphatic heterocycles. The third-order valence-electron chi connectivity index (χ3n) is 14.4. The minimum Gasteiger partial charge on any atom is -0.416 e. The van der Waals surface area contributed by atoms with Crippen molar-refractivity contribution in [2.24, 2.45) is 0 Å². The number of nitrogens with zero attached hydrogens (tertiary/aromatic N) is 5. The number of hydrogen-bond donors (Lipinski definition) is 3. The highest BCUT2D eigenvalue weighted by Gasteiger charge is 2.49. The van der Waals surface area contributed by atoms with E-state index in [1.165, 1.54) is 24.3 Å². The van der Waals surface area contributed by atoms with Crippen molar-refractivity contribution >= 4 is 78.9 Å². The SMILES string of the molecule is O=C(Oc1cc2c(c(OC(=O)C(F)(F)F)c1OC(=O)C(F)(F)F)c(-c1ccc(-c3c(CN4CCN(c5cccc6[nH]ccc56)CC4)[nH]c4ccccc34)cc1)c(CN1CCN(c3cccc4[nH]ccc34)CC1)n2OC(=O)C(F)(F)F)C(F)(F)F. The molecule has 2 fully saturated rings. The van der Waals surface area contributed by atoms with Gasteiger partial charge in [0.2, 0.25) is 5.75 Å². The Morgan fingerprint density at radius 3 is 1.45 bits per heavy atom. The van der Waals surface area contributed by atoms with Crippen molar-refractivity contribution in [1.29, 1.82) is 0 Å². The van der Waals surface area contributed by atoms with Gasteiger partial charge in [-0.15, -0.1) is 0 Å². The van der Waals surface area contributed by atoms with Crippen LogP contribution in [0.25, 0.3) is 65.9 Å². The predicted octanol–water partition coefficient (Wildman–Crippen LogP) is 11.0. The zero-order valence-corrected chi connectivity index (χ0v) is 43.1. The van der Waals surface area contributed by atoms with E-state index in [1.54, 1.807) is 29.3 Å². The van der Waals surface area contributed by atoms with Crippen molar-refractivity contribution in [3.8, 4) is 39.5 Å². The lowest BCUT2D eigenvalue weighted by atomic mass is 9.96. The second-order valence-electron chi connectivity index (χ2n) is 19.6. The Hall–Kier alpha value is -9.18. The molecule has 0 amide bonds. The average molecular weight is 1180 g/mol. The Bertz CT molecular complexity index is 4010. The number of carbonyl (C=O) groups excluding carboxylic acids is 4. The normalized spacial score (nSPS) is 15.1. The molecule has 6 heterocycles. The zero-order valence-electron chi connectivity index (χ0n) is 43.1. The number of H-pyrrole nitrogens is 3. The molecule has 11 rings (SSSR count). The molecule has 0 spiro atoms. The summed E-state index contributed by atoms with van der Waals surface area (Å²) in [5, 5.41) is 1.40. The summed E-state index contributed by atoms with van der Waals surface area (Å²) >= 11 is 0. The number of hydrogen-bond acceptors (Lipinski definition) is 12. The van der Waals surface area contributed by atoms with Gasteiger partial charge in [0.25, 0.3) is 0 Å². The summed E-state index contributed by atoms with van der Waals surface area (Å²) in [7, 11) is 0. The Morgan fingerprint density at radius 2 is 0.929 bits per heavy atom. The highest BCUT2D eigenvalue weighted by atomic mass is 19.4. The van der Waals surface area contributed by atoms with Gasteiger partial charge in [-0.1, -0.05) is 54.6 Å². The first-order valence-corrected chi connectivity index (χ1v) is 25.5. The van der Waals surface area contributed by atoms with E-state index >= 15 is 0 Å². The molecule has 4 aromatic heterocycles. The first-order valence-electron chi connectivity index (χ1n) is 25.5. The van der Waals surface area contributed by atoms with Crippen LogP contribution in [0, 0.1) is 0 Å². The number of nitrogens with one attached hydrogen (secondary N) is 3. The van der Waals surface area contributed by atoms with Crippen LogP contribution in [0.4, 0.5) is 64.1 Å². The lowest BCUT2D eigenvalue weighted by Gasteiger charge is -2.36. The standard InChI is InChI=1S/C56H42F12N8O8/c57-53(58,59)49(77)81-43-27-41-46(48(83-51(79)55(63,64)65)47(43)82-50(78)54(60,61)62)45(42(76(41)84-52(80)56(66,67)68)29-73-21-25-75(26-22-73)40-10-4-8-36-33(40)16-18-70-36)31-13-11-30(12-14-31)44-34-5-1-2-6-37(34)71-38(44)28-72-19-23-74(24-20-72)39-9-3-7-35-32(39)15-17-69-35/h1-18,27,69-71H,19-26,28-29H2. The maximum absolute atomic E-state index is 14.4. The van der Waals surface area contributed by atoms with Crippen molar-refractivity contribution in [2.45, 2.75) is 37.8 Å². The number of ether oxygens (including phenoxy) is 3. The van der Waals surface area contributed by atoms with Gasteiger partial charge in [-0.25, -0.2) is 19.2 Å². The van der Waals surface area contributed by atoms with Gasteiger partial charge in [-0.05, 0) is 53.6 Å². The van der Waals surface area contributed by atoms with E-state index in [4.69, 9.17) is 4.84 Å². The van der Waals surface area contributed by atoms with Crippen LogP contribution >= 0.6 is 0 Å². The number of halogens is 12. The maximum atomic E-state index is 14.4.